The van der Waals surface area contributed by atoms with Gasteiger partial charge in [-0.25, -0.2) is 0 Å². The zero-order valence-electron chi connectivity index (χ0n) is 15.6. The summed E-state index contributed by atoms with van der Waals surface area (Å²) in [5.74, 6) is -0.191. The Morgan fingerprint density at radius 3 is 2.86 bits per heavy atom. The van der Waals surface area contributed by atoms with Gasteiger partial charge in [-0.15, -0.1) is 0 Å². The smallest absolute Gasteiger partial charge is 0.253 e. The summed E-state index contributed by atoms with van der Waals surface area (Å²) < 4.78 is 1.66. The monoisotopic (exact) mass is 372 g/mol. The van der Waals surface area contributed by atoms with Crippen molar-refractivity contribution in [3.8, 4) is 11.4 Å². The van der Waals surface area contributed by atoms with Crippen LogP contribution in [0.1, 0.15) is 12.5 Å². The number of rotatable bonds is 4. The van der Waals surface area contributed by atoms with Gasteiger partial charge in [0.25, 0.3) is 5.91 Å². The SMILES string of the molecule is Cn1cc(NC(=O)C2(C)C=CC=C(c3cccnc3)N2)c(-c2ccccn2)n1. The highest BCUT2D eigenvalue weighted by molar-refractivity contribution is 6.02. The minimum Gasteiger partial charge on any atom is -0.368 e. The number of hydrogen-bond donors (Lipinski definition) is 2. The van der Waals surface area contributed by atoms with E-state index in [4.69, 9.17) is 0 Å². The Balaban J connectivity index is 1.58. The number of aryl methyl sites for hydroxylation is 1. The lowest BCUT2D eigenvalue weighted by Crippen LogP contribution is -2.50. The molecule has 7 heteroatoms. The number of aromatic nitrogens is 4. The largest absolute Gasteiger partial charge is 0.368 e. The third kappa shape index (κ3) is 3.42. The van der Waals surface area contributed by atoms with Crippen molar-refractivity contribution >= 4 is 17.3 Å². The van der Waals surface area contributed by atoms with E-state index in [0.29, 0.717) is 17.1 Å². The van der Waals surface area contributed by atoms with Crippen LogP contribution in [0.4, 0.5) is 5.69 Å². The van der Waals surface area contributed by atoms with Gasteiger partial charge in [0.1, 0.15) is 11.2 Å². The number of nitrogens with one attached hydrogen (secondary N) is 2. The first-order valence-electron chi connectivity index (χ1n) is 8.90. The minimum atomic E-state index is -0.919. The van der Waals surface area contributed by atoms with Crippen LogP contribution >= 0.6 is 0 Å². The lowest BCUT2D eigenvalue weighted by Gasteiger charge is -2.31. The summed E-state index contributed by atoms with van der Waals surface area (Å²) >= 11 is 0. The average molecular weight is 372 g/mol. The maximum atomic E-state index is 13.1. The van der Waals surface area contributed by atoms with Crippen molar-refractivity contribution < 1.29 is 4.79 Å². The average Bonchev–Trinajstić information content (AvgIpc) is 3.09. The summed E-state index contributed by atoms with van der Waals surface area (Å²) in [5.41, 5.74) is 2.78. The van der Waals surface area contributed by atoms with Crippen molar-refractivity contribution in [1.82, 2.24) is 25.1 Å². The first-order chi connectivity index (χ1) is 13.5. The molecule has 3 aromatic rings. The number of amides is 1. The van der Waals surface area contributed by atoms with E-state index >= 15 is 0 Å². The van der Waals surface area contributed by atoms with E-state index in [1.807, 2.05) is 62.5 Å². The number of dihydropyridines is 1. The first kappa shape index (κ1) is 17.7. The molecular weight excluding hydrogens is 352 g/mol. The molecule has 0 bridgehead atoms. The summed E-state index contributed by atoms with van der Waals surface area (Å²) in [4.78, 5) is 21.6. The summed E-state index contributed by atoms with van der Waals surface area (Å²) in [7, 11) is 1.81. The topological polar surface area (TPSA) is 84.7 Å². The zero-order chi connectivity index (χ0) is 19.6. The fraction of sp³-hybridized carbons (Fsp3) is 0.143. The van der Waals surface area contributed by atoms with Crippen molar-refractivity contribution in [2.75, 3.05) is 5.32 Å². The molecule has 3 aromatic heterocycles. The Hall–Kier alpha value is -3.74. The first-order valence-corrected chi connectivity index (χ1v) is 8.90. The quantitative estimate of drug-likeness (QED) is 0.736. The van der Waals surface area contributed by atoms with Gasteiger partial charge in [-0.1, -0.05) is 18.2 Å². The number of allylic oxidation sites excluding steroid dienone is 2. The molecule has 1 aliphatic rings. The number of pyridine rings is 2. The molecule has 4 rings (SSSR count). The van der Waals surface area contributed by atoms with E-state index in [1.165, 1.54) is 0 Å². The number of carbonyl (C=O) groups is 1. The predicted octanol–water partition coefficient (Wildman–Crippen LogP) is 2.77. The molecule has 0 aromatic carbocycles. The van der Waals surface area contributed by atoms with Crippen molar-refractivity contribution in [3.63, 3.8) is 0 Å². The normalized spacial score (nSPS) is 18.3. The molecule has 1 atom stereocenters. The van der Waals surface area contributed by atoms with Crippen molar-refractivity contribution in [1.29, 1.82) is 0 Å². The molecule has 0 saturated heterocycles. The zero-order valence-corrected chi connectivity index (χ0v) is 15.6. The van der Waals surface area contributed by atoms with Gasteiger partial charge in [0.05, 0.1) is 11.4 Å². The Morgan fingerprint density at radius 1 is 1.21 bits per heavy atom. The number of anilines is 1. The van der Waals surface area contributed by atoms with Crippen LogP contribution in [0.5, 0.6) is 0 Å². The second kappa shape index (κ2) is 7.11. The Kier molecular flexibility index (Phi) is 4.49. The lowest BCUT2D eigenvalue weighted by molar-refractivity contribution is -0.119. The number of carbonyl (C=O) groups excluding carboxylic acids is 1. The fourth-order valence-corrected chi connectivity index (χ4v) is 3.05. The molecule has 2 N–H and O–H groups in total. The minimum absolute atomic E-state index is 0.191. The van der Waals surface area contributed by atoms with Crippen LogP contribution in [-0.4, -0.2) is 31.2 Å². The van der Waals surface area contributed by atoms with E-state index in [1.54, 1.807) is 29.5 Å². The van der Waals surface area contributed by atoms with Crippen LogP contribution in [-0.2, 0) is 11.8 Å². The molecule has 0 radical (unpaired) electrons. The third-order valence-electron chi connectivity index (χ3n) is 4.52. The molecule has 1 unspecified atom stereocenters. The third-order valence-corrected chi connectivity index (χ3v) is 4.52. The summed E-state index contributed by atoms with van der Waals surface area (Å²) in [6.45, 7) is 1.83. The molecule has 28 heavy (non-hydrogen) atoms. The maximum Gasteiger partial charge on any atom is 0.253 e. The molecule has 0 saturated carbocycles. The molecule has 1 aliphatic heterocycles. The van der Waals surface area contributed by atoms with Gasteiger partial charge in [-0.05, 0) is 37.3 Å². The fourth-order valence-electron chi connectivity index (χ4n) is 3.05. The predicted molar refractivity (Wildman–Crippen MR) is 108 cm³/mol. The number of hydrogen-bond acceptors (Lipinski definition) is 5. The molecule has 0 aliphatic carbocycles. The van der Waals surface area contributed by atoms with Crippen molar-refractivity contribution in [2.24, 2.45) is 7.05 Å². The second-order valence-corrected chi connectivity index (χ2v) is 6.74. The molecule has 4 heterocycles. The Bertz CT molecular complexity index is 1060. The molecule has 7 nitrogen and oxygen atoms in total. The van der Waals surface area contributed by atoms with E-state index in [-0.39, 0.29) is 5.91 Å². The summed E-state index contributed by atoms with van der Waals surface area (Å²) in [6, 6.07) is 9.41. The van der Waals surface area contributed by atoms with E-state index in [2.05, 4.69) is 25.7 Å². The second-order valence-electron chi connectivity index (χ2n) is 6.74. The molecular formula is C21H20N6O. The van der Waals surface area contributed by atoms with Gasteiger partial charge >= 0.3 is 0 Å². The van der Waals surface area contributed by atoms with Crippen LogP contribution in [0.3, 0.4) is 0 Å². The highest BCUT2D eigenvalue weighted by Gasteiger charge is 2.33. The standard InChI is InChI=1S/C21H20N6O/c1-21(10-5-9-16(25-21)15-7-6-11-22-13-15)20(28)24-18-14-27(2)26-19(18)17-8-3-4-12-23-17/h3-14,25H,1-2H3,(H,24,28). The van der Waals surface area contributed by atoms with Crippen LogP contribution < -0.4 is 10.6 Å². The number of nitrogens with zero attached hydrogens (tertiary/aromatic N) is 4. The van der Waals surface area contributed by atoms with E-state index < -0.39 is 5.54 Å². The maximum absolute atomic E-state index is 13.1. The molecule has 1 amide bonds. The van der Waals surface area contributed by atoms with Crippen LogP contribution in [0.15, 0.2) is 73.3 Å². The molecule has 0 fully saturated rings. The van der Waals surface area contributed by atoms with Gasteiger partial charge in [0, 0.05) is 43.1 Å². The highest BCUT2D eigenvalue weighted by Crippen LogP contribution is 2.27. The Morgan fingerprint density at radius 2 is 2.11 bits per heavy atom. The molecule has 0 spiro atoms. The lowest BCUT2D eigenvalue weighted by atomic mass is 9.95. The Labute approximate surface area is 162 Å². The van der Waals surface area contributed by atoms with Crippen molar-refractivity contribution in [3.05, 3.63) is 78.9 Å². The summed E-state index contributed by atoms with van der Waals surface area (Å²) in [6.07, 6.45) is 12.6. The van der Waals surface area contributed by atoms with Crippen LogP contribution in [0, 0.1) is 0 Å². The van der Waals surface area contributed by atoms with Crippen LogP contribution in [0.2, 0.25) is 0 Å². The highest BCUT2D eigenvalue weighted by atomic mass is 16.2. The van der Waals surface area contributed by atoms with Crippen LogP contribution in [0.25, 0.3) is 17.1 Å². The summed E-state index contributed by atoms with van der Waals surface area (Å²) in [5, 5.41) is 10.8. The van der Waals surface area contributed by atoms with Gasteiger partial charge in [-0.3, -0.25) is 19.4 Å². The molecule has 140 valence electrons. The van der Waals surface area contributed by atoms with E-state index in [0.717, 1.165) is 11.3 Å². The van der Waals surface area contributed by atoms with Gasteiger partial charge < -0.3 is 10.6 Å². The van der Waals surface area contributed by atoms with Gasteiger partial charge in [-0.2, -0.15) is 5.10 Å². The van der Waals surface area contributed by atoms with Crippen molar-refractivity contribution in [2.45, 2.75) is 12.5 Å². The van der Waals surface area contributed by atoms with E-state index in [9.17, 15) is 4.79 Å². The van der Waals surface area contributed by atoms with Gasteiger partial charge in [0.2, 0.25) is 0 Å². The van der Waals surface area contributed by atoms with Gasteiger partial charge in [0.15, 0.2) is 0 Å².